The zero-order valence-corrected chi connectivity index (χ0v) is 17.9. The minimum absolute atomic E-state index is 0.250. The third kappa shape index (κ3) is 4.40. The van der Waals surface area contributed by atoms with Crippen LogP contribution in [-0.4, -0.2) is 28.2 Å². The molecule has 146 valence electrons. The number of nitrogens with one attached hydrogen (secondary N) is 2. The lowest BCUT2D eigenvalue weighted by Gasteiger charge is -2.06. The summed E-state index contributed by atoms with van der Waals surface area (Å²) in [7, 11) is 0. The summed E-state index contributed by atoms with van der Waals surface area (Å²) in [6.45, 7) is 4.54. The van der Waals surface area contributed by atoms with E-state index in [0.717, 1.165) is 36.3 Å². The van der Waals surface area contributed by atoms with E-state index in [2.05, 4.69) is 36.5 Å². The summed E-state index contributed by atoms with van der Waals surface area (Å²) in [4.78, 5) is 8.74. The van der Waals surface area contributed by atoms with Crippen molar-refractivity contribution < 1.29 is 9.50 Å². The second kappa shape index (κ2) is 9.27. The normalized spacial score (nSPS) is 10.6. The van der Waals surface area contributed by atoms with Gasteiger partial charge >= 0.3 is 0 Å². The smallest absolute Gasteiger partial charge is 0.151 e. The van der Waals surface area contributed by atoms with Gasteiger partial charge in [0, 0.05) is 33.4 Å². The number of anilines is 3. The van der Waals surface area contributed by atoms with E-state index in [0.29, 0.717) is 12.2 Å². The van der Waals surface area contributed by atoms with Crippen molar-refractivity contribution in [1.82, 2.24) is 9.97 Å². The summed E-state index contributed by atoms with van der Waals surface area (Å²) in [5.41, 5.74) is 2.19. The number of fused-ring (bicyclic) bond motifs is 3. The van der Waals surface area contributed by atoms with Crippen LogP contribution in [0.3, 0.4) is 0 Å². The molecule has 0 radical (unpaired) electrons. The van der Waals surface area contributed by atoms with Crippen molar-refractivity contribution in [3.8, 4) is 0 Å². The van der Waals surface area contributed by atoms with Crippen LogP contribution in [0.25, 0.3) is 20.3 Å². The van der Waals surface area contributed by atoms with E-state index >= 15 is 0 Å². The SMILES string of the molecule is CCNc1cc2sc3c(Nc4cccc(Br)c4)ncnc3c2cc1F.CCO. The van der Waals surface area contributed by atoms with Crippen LogP contribution in [0.4, 0.5) is 21.6 Å². The summed E-state index contributed by atoms with van der Waals surface area (Å²) < 4.78 is 17.1. The highest BCUT2D eigenvalue weighted by molar-refractivity contribution is 9.10. The zero-order valence-electron chi connectivity index (χ0n) is 15.5. The maximum Gasteiger partial charge on any atom is 0.151 e. The quantitative estimate of drug-likeness (QED) is 0.351. The molecule has 2 aromatic carbocycles. The number of aromatic nitrogens is 2. The van der Waals surface area contributed by atoms with Crippen LogP contribution in [0.15, 0.2) is 47.2 Å². The van der Waals surface area contributed by atoms with Crippen molar-refractivity contribution >= 4 is 64.8 Å². The van der Waals surface area contributed by atoms with Crippen LogP contribution in [0, 0.1) is 5.82 Å². The first-order valence-corrected chi connectivity index (χ1v) is 10.4. The molecule has 0 aliphatic heterocycles. The second-order valence-electron chi connectivity index (χ2n) is 5.81. The topological polar surface area (TPSA) is 70.1 Å². The maximum absolute atomic E-state index is 14.3. The van der Waals surface area contributed by atoms with Gasteiger partial charge in [0.2, 0.25) is 0 Å². The third-order valence-corrected chi connectivity index (χ3v) is 5.44. The molecule has 0 aliphatic carbocycles. The molecule has 5 nitrogen and oxygen atoms in total. The molecular weight excluding hydrogens is 443 g/mol. The summed E-state index contributed by atoms with van der Waals surface area (Å²) in [5.74, 6) is 0.448. The second-order valence-corrected chi connectivity index (χ2v) is 7.78. The van der Waals surface area contributed by atoms with Gasteiger partial charge in [-0.1, -0.05) is 22.0 Å². The molecule has 0 saturated heterocycles. The molecule has 0 aliphatic rings. The highest BCUT2D eigenvalue weighted by Gasteiger charge is 2.14. The van der Waals surface area contributed by atoms with Crippen molar-refractivity contribution in [1.29, 1.82) is 0 Å². The van der Waals surface area contributed by atoms with Crippen molar-refractivity contribution in [2.24, 2.45) is 0 Å². The fraction of sp³-hybridized carbons (Fsp3) is 0.200. The number of thiophene rings is 1. The summed E-state index contributed by atoms with van der Waals surface area (Å²) >= 11 is 5.02. The molecule has 28 heavy (non-hydrogen) atoms. The molecule has 2 heterocycles. The number of aliphatic hydroxyl groups excluding tert-OH is 1. The van der Waals surface area contributed by atoms with Gasteiger partial charge in [-0.15, -0.1) is 11.3 Å². The van der Waals surface area contributed by atoms with Gasteiger partial charge in [0.25, 0.3) is 0 Å². The summed E-state index contributed by atoms with van der Waals surface area (Å²) in [5, 5.41) is 14.7. The van der Waals surface area contributed by atoms with Crippen molar-refractivity contribution in [3.63, 3.8) is 0 Å². The summed E-state index contributed by atoms with van der Waals surface area (Å²) in [6, 6.07) is 11.2. The molecule has 3 N–H and O–H groups in total. The Morgan fingerprint density at radius 2 is 1.96 bits per heavy atom. The van der Waals surface area contributed by atoms with E-state index in [-0.39, 0.29) is 12.4 Å². The Morgan fingerprint density at radius 3 is 2.68 bits per heavy atom. The Labute approximate surface area is 174 Å². The highest BCUT2D eigenvalue weighted by Crippen LogP contribution is 2.38. The first-order valence-electron chi connectivity index (χ1n) is 8.81. The molecule has 0 saturated carbocycles. The Morgan fingerprint density at radius 1 is 1.18 bits per heavy atom. The first-order chi connectivity index (χ1) is 13.6. The molecule has 2 aromatic heterocycles. The van der Waals surface area contributed by atoms with E-state index < -0.39 is 0 Å². The van der Waals surface area contributed by atoms with Gasteiger partial charge in [0.1, 0.15) is 12.1 Å². The van der Waals surface area contributed by atoms with Crippen molar-refractivity contribution in [3.05, 3.63) is 53.0 Å². The minimum atomic E-state index is -0.269. The van der Waals surface area contributed by atoms with Gasteiger partial charge in [-0.25, -0.2) is 14.4 Å². The Bertz CT molecular complexity index is 1100. The van der Waals surface area contributed by atoms with E-state index in [4.69, 9.17) is 5.11 Å². The minimum Gasteiger partial charge on any atom is -0.397 e. The number of hydrogen-bond acceptors (Lipinski definition) is 6. The van der Waals surface area contributed by atoms with Crippen LogP contribution in [-0.2, 0) is 0 Å². The van der Waals surface area contributed by atoms with Gasteiger partial charge in [-0.2, -0.15) is 0 Å². The standard InChI is InChI=1S/C18H14BrFN4S.C2H6O/c1-2-21-14-8-15-12(7-13(14)20)16-17(25-15)18(23-9-22-16)24-11-5-3-4-10(19)6-11;1-2-3/h3-9,21H,2H2,1H3,(H,22,23,24);3H,2H2,1H3. The number of nitrogens with zero attached hydrogens (tertiary/aromatic N) is 2. The van der Waals surface area contributed by atoms with E-state index in [9.17, 15) is 4.39 Å². The fourth-order valence-corrected chi connectivity index (χ4v) is 4.23. The molecule has 0 unspecified atom stereocenters. The number of aliphatic hydroxyl groups is 1. The predicted molar refractivity (Wildman–Crippen MR) is 119 cm³/mol. The number of hydrogen-bond donors (Lipinski definition) is 3. The molecular formula is C20H20BrFN4OS. The van der Waals surface area contributed by atoms with E-state index in [1.807, 2.05) is 37.3 Å². The van der Waals surface area contributed by atoms with Gasteiger partial charge in [0.05, 0.1) is 15.9 Å². The van der Waals surface area contributed by atoms with Crippen LogP contribution < -0.4 is 10.6 Å². The molecule has 0 fully saturated rings. The highest BCUT2D eigenvalue weighted by atomic mass is 79.9. The maximum atomic E-state index is 14.3. The Hall–Kier alpha value is -2.29. The van der Waals surface area contributed by atoms with Crippen LogP contribution in [0.5, 0.6) is 0 Å². The van der Waals surface area contributed by atoms with Gasteiger partial charge in [-0.3, -0.25) is 0 Å². The van der Waals surface area contributed by atoms with Gasteiger partial charge < -0.3 is 15.7 Å². The largest absolute Gasteiger partial charge is 0.397 e. The molecule has 0 bridgehead atoms. The Kier molecular flexibility index (Phi) is 6.77. The summed E-state index contributed by atoms with van der Waals surface area (Å²) in [6.07, 6.45) is 1.50. The average Bonchev–Trinajstić information content (AvgIpc) is 3.02. The van der Waals surface area contributed by atoms with Crippen LogP contribution in [0.1, 0.15) is 13.8 Å². The van der Waals surface area contributed by atoms with Crippen LogP contribution >= 0.6 is 27.3 Å². The number of halogens is 2. The fourth-order valence-electron chi connectivity index (χ4n) is 2.71. The van der Waals surface area contributed by atoms with Crippen molar-refractivity contribution in [2.45, 2.75) is 13.8 Å². The average molecular weight is 463 g/mol. The third-order valence-electron chi connectivity index (χ3n) is 3.79. The first kappa shape index (κ1) is 20.4. The monoisotopic (exact) mass is 462 g/mol. The molecule has 4 aromatic rings. The Balaban J connectivity index is 0.000000706. The molecule has 4 rings (SSSR count). The lowest BCUT2D eigenvalue weighted by molar-refractivity contribution is 0.318. The van der Waals surface area contributed by atoms with Gasteiger partial charge in [-0.05, 0) is 44.2 Å². The molecule has 0 atom stereocenters. The predicted octanol–water partition coefficient (Wildman–Crippen LogP) is 5.92. The van der Waals surface area contributed by atoms with Gasteiger partial charge in [0.15, 0.2) is 5.82 Å². The molecule has 0 spiro atoms. The van der Waals surface area contributed by atoms with E-state index in [1.54, 1.807) is 24.3 Å². The van der Waals surface area contributed by atoms with E-state index in [1.165, 1.54) is 6.33 Å². The number of rotatable bonds is 4. The van der Waals surface area contributed by atoms with Crippen molar-refractivity contribution in [2.75, 3.05) is 23.8 Å². The van der Waals surface area contributed by atoms with Crippen LogP contribution in [0.2, 0.25) is 0 Å². The molecule has 8 heteroatoms. The molecule has 0 amide bonds. The number of benzene rings is 2. The lowest BCUT2D eigenvalue weighted by atomic mass is 10.2. The lowest BCUT2D eigenvalue weighted by Crippen LogP contribution is -1.98. The zero-order chi connectivity index (χ0) is 20.1.